The quantitative estimate of drug-likeness (QED) is 0.780. The van der Waals surface area contributed by atoms with Gasteiger partial charge in [-0.1, -0.05) is 6.08 Å². The Morgan fingerprint density at radius 2 is 2.56 bits per heavy atom. The van der Waals surface area contributed by atoms with E-state index in [1.165, 1.54) is 0 Å². The molecule has 1 aromatic rings. The maximum Gasteiger partial charge on any atom is 0.203 e. The fourth-order valence-corrected chi connectivity index (χ4v) is 2.22. The maximum atomic E-state index is 5.65. The zero-order valence-corrected chi connectivity index (χ0v) is 11.1. The van der Waals surface area contributed by atoms with E-state index in [1.54, 1.807) is 7.11 Å². The van der Waals surface area contributed by atoms with E-state index in [1.807, 2.05) is 19.2 Å². The second-order valence-corrected chi connectivity index (χ2v) is 4.69. The van der Waals surface area contributed by atoms with Gasteiger partial charge in [0.05, 0.1) is 18.8 Å². The molecule has 1 unspecified atom stereocenters. The summed E-state index contributed by atoms with van der Waals surface area (Å²) in [6, 6.07) is 0. The van der Waals surface area contributed by atoms with Crippen molar-refractivity contribution in [3.8, 4) is 0 Å². The molecule has 0 amide bonds. The van der Waals surface area contributed by atoms with Crippen LogP contribution in [0.25, 0.3) is 0 Å². The van der Waals surface area contributed by atoms with Crippen LogP contribution in [0.15, 0.2) is 18.9 Å². The van der Waals surface area contributed by atoms with Crippen LogP contribution >= 0.6 is 0 Å². The molecule has 0 radical (unpaired) electrons. The number of methoxy groups -OCH3 is 1. The minimum Gasteiger partial charge on any atom is -0.378 e. The van der Waals surface area contributed by atoms with Crippen molar-refractivity contribution in [2.45, 2.75) is 25.5 Å². The molecular weight excluding hydrogens is 230 g/mol. The average Bonchev–Trinajstić information content (AvgIpc) is 2.95. The number of hydrogen-bond donors (Lipinski definition) is 1. The Morgan fingerprint density at radius 1 is 1.72 bits per heavy atom. The number of aromatic nitrogens is 2. The van der Waals surface area contributed by atoms with Crippen LogP contribution in [0.4, 0.5) is 5.95 Å². The number of nitrogens with zero attached hydrogens (tertiary/aromatic N) is 2. The lowest BCUT2D eigenvalue weighted by molar-refractivity contribution is -0.0291. The highest BCUT2D eigenvalue weighted by Gasteiger charge is 2.35. The van der Waals surface area contributed by atoms with E-state index in [9.17, 15) is 0 Å². The predicted molar refractivity (Wildman–Crippen MR) is 70.8 cm³/mol. The third kappa shape index (κ3) is 2.73. The van der Waals surface area contributed by atoms with Gasteiger partial charge in [-0.3, -0.25) is 0 Å². The molecule has 5 heteroatoms. The average molecular weight is 251 g/mol. The van der Waals surface area contributed by atoms with Gasteiger partial charge in [-0.15, -0.1) is 6.58 Å². The zero-order chi connectivity index (χ0) is 13.0. The van der Waals surface area contributed by atoms with Crippen molar-refractivity contribution in [2.75, 3.05) is 32.2 Å². The van der Waals surface area contributed by atoms with Crippen LogP contribution in [0, 0.1) is 6.92 Å². The molecule has 0 bridgehead atoms. The molecule has 1 aliphatic rings. The van der Waals surface area contributed by atoms with Crippen molar-refractivity contribution in [2.24, 2.45) is 0 Å². The van der Waals surface area contributed by atoms with E-state index < -0.39 is 0 Å². The van der Waals surface area contributed by atoms with Crippen molar-refractivity contribution in [3.63, 3.8) is 0 Å². The lowest BCUT2D eigenvalue weighted by Gasteiger charge is -2.26. The van der Waals surface area contributed by atoms with E-state index in [-0.39, 0.29) is 5.60 Å². The highest BCUT2D eigenvalue weighted by Crippen LogP contribution is 2.26. The van der Waals surface area contributed by atoms with Crippen LogP contribution in [-0.4, -0.2) is 42.0 Å². The molecule has 1 saturated heterocycles. The standard InChI is InChI=1S/C13H21N3O2/c1-4-6-14-12-15-11(2)8-16(12)9-13(17-3)5-7-18-10-13/h4,8H,1,5-7,9-10H2,2-3H3,(H,14,15). The van der Waals surface area contributed by atoms with Gasteiger partial charge in [0.15, 0.2) is 0 Å². The molecule has 0 saturated carbocycles. The first-order valence-corrected chi connectivity index (χ1v) is 6.20. The summed E-state index contributed by atoms with van der Waals surface area (Å²) in [4.78, 5) is 4.46. The molecule has 100 valence electrons. The predicted octanol–water partition coefficient (Wildman–Crippen LogP) is 1.59. The second-order valence-electron chi connectivity index (χ2n) is 4.69. The summed E-state index contributed by atoms with van der Waals surface area (Å²) in [6.45, 7) is 8.54. The molecule has 1 aliphatic heterocycles. The van der Waals surface area contributed by atoms with Crippen molar-refractivity contribution >= 4 is 5.95 Å². The first-order chi connectivity index (χ1) is 8.69. The fraction of sp³-hybridized carbons (Fsp3) is 0.615. The molecular formula is C13H21N3O2. The van der Waals surface area contributed by atoms with Gasteiger partial charge in [0.1, 0.15) is 5.60 Å². The molecule has 2 rings (SSSR count). The second kappa shape index (κ2) is 5.54. The van der Waals surface area contributed by atoms with E-state index in [0.29, 0.717) is 13.2 Å². The summed E-state index contributed by atoms with van der Waals surface area (Å²) in [6.07, 6.45) is 4.77. The van der Waals surface area contributed by atoms with Gasteiger partial charge < -0.3 is 19.4 Å². The zero-order valence-electron chi connectivity index (χ0n) is 11.1. The van der Waals surface area contributed by atoms with Crippen LogP contribution in [0.2, 0.25) is 0 Å². The SMILES string of the molecule is C=CCNc1nc(C)cn1CC1(OC)CCOC1. The largest absolute Gasteiger partial charge is 0.378 e. The van der Waals surface area contributed by atoms with E-state index in [4.69, 9.17) is 9.47 Å². The first kappa shape index (κ1) is 13.1. The Kier molecular flexibility index (Phi) is 4.04. The van der Waals surface area contributed by atoms with Crippen LogP contribution in [0.5, 0.6) is 0 Å². The van der Waals surface area contributed by atoms with Gasteiger partial charge >= 0.3 is 0 Å². The minimum absolute atomic E-state index is 0.224. The third-order valence-electron chi connectivity index (χ3n) is 3.26. The lowest BCUT2D eigenvalue weighted by Crippen LogP contribution is -2.37. The summed E-state index contributed by atoms with van der Waals surface area (Å²) < 4.78 is 13.2. The number of hydrogen-bond acceptors (Lipinski definition) is 4. The monoisotopic (exact) mass is 251 g/mol. The first-order valence-electron chi connectivity index (χ1n) is 6.20. The van der Waals surface area contributed by atoms with Gasteiger partial charge in [-0.05, 0) is 6.92 Å². The topological polar surface area (TPSA) is 48.3 Å². The lowest BCUT2D eigenvalue weighted by atomic mass is 10.0. The molecule has 1 atom stereocenters. The highest BCUT2D eigenvalue weighted by molar-refractivity contribution is 5.30. The minimum atomic E-state index is -0.224. The Morgan fingerprint density at radius 3 is 3.17 bits per heavy atom. The summed E-state index contributed by atoms with van der Waals surface area (Å²) in [5.74, 6) is 0.857. The van der Waals surface area contributed by atoms with Crippen molar-refractivity contribution < 1.29 is 9.47 Å². The highest BCUT2D eigenvalue weighted by atomic mass is 16.5. The van der Waals surface area contributed by atoms with Gasteiger partial charge in [0, 0.05) is 32.9 Å². The molecule has 5 nitrogen and oxygen atoms in total. The summed E-state index contributed by atoms with van der Waals surface area (Å²) in [5, 5.41) is 3.24. The smallest absolute Gasteiger partial charge is 0.203 e. The molecule has 1 N–H and O–H groups in total. The Balaban J connectivity index is 2.14. The van der Waals surface area contributed by atoms with Crippen LogP contribution in [0.3, 0.4) is 0 Å². The van der Waals surface area contributed by atoms with Crippen LogP contribution < -0.4 is 5.32 Å². The van der Waals surface area contributed by atoms with Gasteiger partial charge in [0.2, 0.25) is 5.95 Å². The van der Waals surface area contributed by atoms with Gasteiger partial charge in [-0.25, -0.2) is 4.98 Å². The number of aryl methyl sites for hydroxylation is 1. The van der Waals surface area contributed by atoms with Crippen molar-refractivity contribution in [3.05, 3.63) is 24.5 Å². The fourth-order valence-electron chi connectivity index (χ4n) is 2.22. The van der Waals surface area contributed by atoms with Crippen molar-refractivity contribution in [1.82, 2.24) is 9.55 Å². The number of imidazole rings is 1. The number of ether oxygens (including phenoxy) is 2. The summed E-state index contributed by atoms with van der Waals surface area (Å²) in [7, 11) is 1.75. The van der Waals surface area contributed by atoms with E-state index in [2.05, 4.69) is 21.4 Å². The molecule has 2 heterocycles. The normalized spacial score (nSPS) is 23.2. The van der Waals surface area contributed by atoms with Crippen LogP contribution in [0.1, 0.15) is 12.1 Å². The molecule has 0 aliphatic carbocycles. The molecule has 1 aromatic heterocycles. The molecule has 1 fully saturated rings. The van der Waals surface area contributed by atoms with E-state index >= 15 is 0 Å². The number of nitrogens with one attached hydrogen (secondary N) is 1. The van der Waals surface area contributed by atoms with Crippen molar-refractivity contribution in [1.29, 1.82) is 0 Å². The molecule has 0 aromatic carbocycles. The maximum absolute atomic E-state index is 5.65. The number of anilines is 1. The Hall–Kier alpha value is -1.33. The Bertz CT molecular complexity index is 408. The molecule has 0 spiro atoms. The van der Waals surface area contributed by atoms with Gasteiger partial charge in [0.25, 0.3) is 0 Å². The van der Waals surface area contributed by atoms with Crippen LogP contribution in [-0.2, 0) is 16.0 Å². The van der Waals surface area contributed by atoms with Gasteiger partial charge in [-0.2, -0.15) is 0 Å². The molecule has 18 heavy (non-hydrogen) atoms. The van der Waals surface area contributed by atoms with E-state index in [0.717, 1.165) is 31.2 Å². The Labute approximate surface area is 108 Å². The summed E-state index contributed by atoms with van der Waals surface area (Å²) >= 11 is 0. The third-order valence-corrected chi connectivity index (χ3v) is 3.26. The summed E-state index contributed by atoms with van der Waals surface area (Å²) in [5.41, 5.74) is 0.768. The number of rotatable bonds is 6.